The van der Waals surface area contributed by atoms with Crippen LogP contribution in [0.2, 0.25) is 0 Å². The largest absolute Gasteiger partial charge is 0.507 e. The number of hydrogen-bond acceptors (Lipinski definition) is 12. The summed E-state index contributed by atoms with van der Waals surface area (Å²) in [6.45, 7) is 45.4. The normalized spacial score (nSPS) is 21.2. The molecular weight excluding hydrogens is 1070 g/mol. The molecule has 0 aromatic heterocycles. The van der Waals surface area contributed by atoms with Gasteiger partial charge in [0, 0.05) is 109 Å². The molecule has 1 saturated heterocycles. The average molecular weight is 1180 g/mol. The lowest BCUT2D eigenvalue weighted by Gasteiger charge is -2.28. The molecule has 1 heterocycles. The van der Waals surface area contributed by atoms with Gasteiger partial charge in [0.25, 0.3) is 0 Å². The first-order chi connectivity index (χ1) is 40.1. The van der Waals surface area contributed by atoms with Crippen molar-refractivity contribution in [2.45, 2.75) is 246 Å². The van der Waals surface area contributed by atoms with Gasteiger partial charge >= 0.3 is 0 Å². The molecule has 4 aromatic rings. The molecule has 0 radical (unpaired) electrons. The minimum atomic E-state index is -0.308. The van der Waals surface area contributed by atoms with E-state index in [1.54, 1.807) is 0 Å². The fraction of sp³-hybridized carbons (Fsp3) is 0.622. The van der Waals surface area contributed by atoms with Gasteiger partial charge < -0.3 is 29.9 Å². The van der Waals surface area contributed by atoms with Gasteiger partial charge in [-0.3, -0.25) is 29.8 Å². The van der Waals surface area contributed by atoms with Crippen LogP contribution in [0.25, 0.3) is 0 Å². The molecule has 3 fully saturated rings. The van der Waals surface area contributed by atoms with E-state index in [2.05, 4.69) is 183 Å². The van der Waals surface area contributed by atoms with Crippen molar-refractivity contribution in [2.75, 3.05) is 52.6 Å². The molecule has 3 aliphatic rings. The summed E-state index contributed by atoms with van der Waals surface area (Å²) in [6.07, 6.45) is 15.4. The molecule has 472 valence electrons. The highest BCUT2D eigenvalue weighted by Crippen LogP contribution is 2.41. The third kappa shape index (κ3) is 18.4. The molecule has 12 heteroatoms. The summed E-state index contributed by atoms with van der Waals surface area (Å²) in [5.41, 5.74) is 9.83. The molecule has 0 amide bonds. The monoisotopic (exact) mass is 1180 g/mol. The van der Waals surface area contributed by atoms with E-state index in [0.717, 1.165) is 122 Å². The molecule has 4 N–H and O–H groups in total. The van der Waals surface area contributed by atoms with Crippen molar-refractivity contribution in [3.63, 3.8) is 0 Å². The lowest BCUT2D eigenvalue weighted by molar-refractivity contribution is 0.0342. The van der Waals surface area contributed by atoms with Crippen LogP contribution >= 0.6 is 0 Å². The molecule has 7 rings (SSSR count). The third-order valence-electron chi connectivity index (χ3n) is 17.7. The fourth-order valence-corrected chi connectivity index (χ4v) is 12.1. The van der Waals surface area contributed by atoms with Gasteiger partial charge in [-0.15, -0.1) is 0 Å². The Bertz CT molecular complexity index is 2840. The second kappa shape index (κ2) is 28.0. The van der Waals surface area contributed by atoms with E-state index in [1.807, 2.05) is 24.9 Å². The van der Waals surface area contributed by atoms with Crippen LogP contribution in [0.3, 0.4) is 0 Å². The Balaban J connectivity index is 1.02. The van der Waals surface area contributed by atoms with Gasteiger partial charge in [0.15, 0.2) is 0 Å². The summed E-state index contributed by atoms with van der Waals surface area (Å²) < 4.78 is 12.8. The van der Waals surface area contributed by atoms with Crippen molar-refractivity contribution in [3.05, 3.63) is 115 Å². The second-order valence-electron chi connectivity index (χ2n) is 31.3. The number of nitrogens with zero attached hydrogens (tertiary/aromatic N) is 6. The fourth-order valence-electron chi connectivity index (χ4n) is 12.1. The van der Waals surface area contributed by atoms with E-state index < -0.39 is 0 Å². The zero-order valence-corrected chi connectivity index (χ0v) is 56.3. The van der Waals surface area contributed by atoms with E-state index in [-0.39, 0.29) is 68.2 Å². The van der Waals surface area contributed by atoms with E-state index in [0.29, 0.717) is 62.1 Å². The maximum absolute atomic E-state index is 11.9. The lowest BCUT2D eigenvalue weighted by Crippen LogP contribution is -2.35. The smallest absolute Gasteiger partial charge is 0.128 e. The SMILES string of the molecule is CC(C)(C)c1cc(C=N[C@H]2CCCC[C@@H]2N=Cc2cc(CN3CCOCCN(Cc4cc(C=N[C@H]5CCCC[C@@H]5N=Cc5cc(C(C)(C)C)cc(C(C)(C)C)c5O)c(O)c(C(C)(C)C)c4)CCOCC3)cc(C(C)(C)C)c2O)c(O)c(C(C)(C)C)c1. The van der Waals surface area contributed by atoms with Crippen molar-refractivity contribution in [1.29, 1.82) is 0 Å². The van der Waals surface area contributed by atoms with Crippen LogP contribution in [-0.2, 0) is 55.1 Å². The number of phenolic OH excluding ortho intramolecular Hbond substituents is 4. The van der Waals surface area contributed by atoms with Gasteiger partial charge in [-0.05, 0) is 105 Å². The highest BCUT2D eigenvalue weighted by molar-refractivity contribution is 5.87. The molecule has 1 aliphatic heterocycles. The summed E-state index contributed by atoms with van der Waals surface area (Å²) >= 11 is 0. The number of aromatic hydroxyl groups is 4. The highest BCUT2D eigenvalue weighted by Gasteiger charge is 2.31. The van der Waals surface area contributed by atoms with Crippen molar-refractivity contribution in [1.82, 2.24) is 9.80 Å². The lowest BCUT2D eigenvalue weighted by atomic mass is 9.79. The minimum absolute atomic E-state index is 0.0403. The number of aliphatic imine (C=N–C) groups is 4. The van der Waals surface area contributed by atoms with E-state index in [1.165, 1.54) is 11.1 Å². The predicted molar refractivity (Wildman–Crippen MR) is 359 cm³/mol. The summed E-state index contributed by atoms with van der Waals surface area (Å²) in [5.74, 6) is 1.12. The van der Waals surface area contributed by atoms with E-state index in [9.17, 15) is 20.4 Å². The second-order valence-corrected chi connectivity index (χ2v) is 31.3. The summed E-state index contributed by atoms with van der Waals surface area (Å²) in [6, 6.07) is 16.8. The minimum Gasteiger partial charge on any atom is -0.507 e. The standard InChI is InChI=1S/C74H110N6O6/c1-69(2,3)55-39-53(67(83)59(41-55)73(13,14)15)45-77-63-25-21-19-23-61(63)75-43-51-35-49(37-57(65(51)81)71(7,8)9)47-79-27-31-85-33-29-80(30-34-86-32-28-79)48-50-36-52(66(82)58(38-50)72(10,11)12)44-76-62-24-20-22-26-64(62)78-46-54-40-56(70(4,5)6)42-60(68(54)84)74(16,17)18/h35-46,61-64,81-84H,19-34,47-48H2,1-18H3/t61-,62-,63-,64-/m0/s1. The predicted octanol–water partition coefficient (Wildman–Crippen LogP) is 15.3. The molecule has 86 heavy (non-hydrogen) atoms. The summed E-state index contributed by atoms with van der Waals surface area (Å²) in [4.78, 5) is 25.4. The van der Waals surface area contributed by atoms with Gasteiger partial charge in [-0.25, -0.2) is 0 Å². The molecule has 2 aliphatic carbocycles. The first-order valence-electron chi connectivity index (χ1n) is 32.3. The molecular formula is C74H110N6O6. The number of phenols is 4. The van der Waals surface area contributed by atoms with Crippen LogP contribution in [0.1, 0.15) is 243 Å². The quantitative estimate of drug-likeness (QED) is 0.102. The van der Waals surface area contributed by atoms with Crippen LogP contribution in [-0.4, -0.2) is 132 Å². The number of benzene rings is 4. The first-order valence-corrected chi connectivity index (χ1v) is 32.3. The Morgan fingerprint density at radius 3 is 0.849 bits per heavy atom. The summed E-state index contributed by atoms with van der Waals surface area (Å²) in [7, 11) is 0. The molecule has 2 saturated carbocycles. The van der Waals surface area contributed by atoms with Crippen molar-refractivity contribution in [3.8, 4) is 23.0 Å². The molecule has 0 spiro atoms. The van der Waals surface area contributed by atoms with Crippen LogP contribution in [0.4, 0.5) is 0 Å². The van der Waals surface area contributed by atoms with Crippen LogP contribution in [0, 0.1) is 0 Å². The Morgan fingerprint density at radius 2 is 0.605 bits per heavy atom. The van der Waals surface area contributed by atoms with Crippen LogP contribution in [0.5, 0.6) is 23.0 Å². The molecule has 12 nitrogen and oxygen atoms in total. The zero-order chi connectivity index (χ0) is 63.2. The zero-order valence-electron chi connectivity index (χ0n) is 56.3. The van der Waals surface area contributed by atoms with Gasteiger partial charge in [-0.1, -0.05) is 175 Å². The molecule has 0 unspecified atom stereocenters. The summed E-state index contributed by atoms with van der Waals surface area (Å²) in [5, 5.41) is 46.8. The first kappa shape index (κ1) is 68.1. The van der Waals surface area contributed by atoms with Gasteiger partial charge in [0.05, 0.1) is 50.6 Å². The Hall–Kier alpha value is -5.40. The molecule has 4 aromatic carbocycles. The average Bonchev–Trinajstić information content (AvgIpc) is 0.998. The third-order valence-corrected chi connectivity index (χ3v) is 17.7. The Labute approximate surface area is 518 Å². The van der Waals surface area contributed by atoms with Crippen LogP contribution < -0.4 is 0 Å². The molecule has 4 atom stereocenters. The van der Waals surface area contributed by atoms with Gasteiger partial charge in [0.2, 0.25) is 0 Å². The van der Waals surface area contributed by atoms with Gasteiger partial charge in [-0.2, -0.15) is 0 Å². The van der Waals surface area contributed by atoms with Crippen molar-refractivity contribution >= 4 is 24.9 Å². The Morgan fingerprint density at radius 1 is 0.360 bits per heavy atom. The van der Waals surface area contributed by atoms with Crippen molar-refractivity contribution in [2.24, 2.45) is 20.0 Å². The topological polar surface area (TPSA) is 155 Å². The Kier molecular flexibility index (Phi) is 22.1. The highest BCUT2D eigenvalue weighted by atomic mass is 16.5. The van der Waals surface area contributed by atoms with Gasteiger partial charge in [0.1, 0.15) is 23.0 Å². The maximum Gasteiger partial charge on any atom is 0.128 e. The van der Waals surface area contributed by atoms with Crippen LogP contribution in [0.15, 0.2) is 68.5 Å². The number of hydrogen-bond donors (Lipinski definition) is 4. The van der Waals surface area contributed by atoms with E-state index in [4.69, 9.17) is 29.4 Å². The van der Waals surface area contributed by atoms with Crippen molar-refractivity contribution < 1.29 is 29.9 Å². The molecule has 0 bridgehead atoms. The number of ether oxygens (including phenoxy) is 2. The van der Waals surface area contributed by atoms with E-state index >= 15 is 0 Å². The number of rotatable bonds is 12. The maximum atomic E-state index is 11.9.